The van der Waals surface area contributed by atoms with E-state index >= 15 is 0 Å². The molecule has 0 aromatic carbocycles. The van der Waals surface area contributed by atoms with E-state index in [0.717, 1.165) is 24.4 Å². The molecule has 0 radical (unpaired) electrons. The Morgan fingerprint density at radius 2 is 2.14 bits per heavy atom. The van der Waals surface area contributed by atoms with Crippen LogP contribution in [0.15, 0.2) is 0 Å². The van der Waals surface area contributed by atoms with Gasteiger partial charge >= 0.3 is 0 Å². The molecule has 0 heterocycles. The molecular weight excluding hydrogens is 170 g/mol. The van der Waals surface area contributed by atoms with Crippen LogP contribution in [0.4, 0.5) is 0 Å². The molecular formula is C13H21N. The maximum absolute atomic E-state index is 3.59. The van der Waals surface area contributed by atoms with Gasteiger partial charge in [0.15, 0.2) is 0 Å². The Labute approximate surface area is 87.7 Å². The molecule has 0 aromatic rings. The maximum atomic E-state index is 3.59. The number of hydrogen-bond acceptors (Lipinski definition) is 1. The van der Waals surface area contributed by atoms with Gasteiger partial charge < -0.3 is 5.32 Å². The van der Waals surface area contributed by atoms with Crippen LogP contribution >= 0.6 is 0 Å². The van der Waals surface area contributed by atoms with E-state index in [0.29, 0.717) is 5.41 Å². The molecule has 3 atom stereocenters. The molecule has 3 aliphatic carbocycles. The molecule has 1 heteroatoms. The first-order chi connectivity index (χ1) is 6.66. The third-order valence-electron chi connectivity index (χ3n) is 4.49. The highest BCUT2D eigenvalue weighted by Crippen LogP contribution is 2.58. The van der Waals surface area contributed by atoms with Gasteiger partial charge in [0.25, 0.3) is 0 Å². The van der Waals surface area contributed by atoms with Crippen molar-refractivity contribution >= 4 is 0 Å². The van der Waals surface area contributed by atoms with Gasteiger partial charge in [-0.05, 0) is 43.4 Å². The number of hydrogen-bond donors (Lipinski definition) is 1. The molecule has 3 saturated carbocycles. The summed E-state index contributed by atoms with van der Waals surface area (Å²) in [6, 6.07) is 0.732. The van der Waals surface area contributed by atoms with Crippen molar-refractivity contribution in [3.63, 3.8) is 0 Å². The Bertz CT molecular complexity index is 267. The highest BCUT2D eigenvalue weighted by molar-refractivity contribution is 5.07. The van der Waals surface area contributed by atoms with Crippen LogP contribution in [0.5, 0.6) is 0 Å². The fourth-order valence-corrected chi connectivity index (χ4v) is 3.33. The summed E-state index contributed by atoms with van der Waals surface area (Å²) in [7, 11) is 0. The Balaban J connectivity index is 1.90. The SMILES string of the molecule is CC#CCNC1CCC2CC1C2(C)C. The predicted octanol–water partition coefficient (Wildman–Crippen LogP) is 2.42. The van der Waals surface area contributed by atoms with Crippen LogP contribution in [0.25, 0.3) is 0 Å². The van der Waals surface area contributed by atoms with Crippen molar-refractivity contribution < 1.29 is 0 Å². The minimum atomic E-state index is 0.593. The molecule has 3 unspecified atom stereocenters. The van der Waals surface area contributed by atoms with Crippen LogP contribution in [-0.2, 0) is 0 Å². The number of fused-ring (bicyclic) bond motifs is 2. The van der Waals surface area contributed by atoms with Crippen molar-refractivity contribution in [3.8, 4) is 11.8 Å². The van der Waals surface area contributed by atoms with Gasteiger partial charge in [-0.1, -0.05) is 19.8 Å². The highest BCUT2D eigenvalue weighted by Gasteiger charge is 2.53. The summed E-state index contributed by atoms with van der Waals surface area (Å²) in [5.74, 6) is 7.95. The van der Waals surface area contributed by atoms with Gasteiger partial charge in [-0.25, -0.2) is 0 Å². The first-order valence-corrected chi connectivity index (χ1v) is 5.79. The van der Waals surface area contributed by atoms with Crippen molar-refractivity contribution in [2.75, 3.05) is 6.54 Å². The minimum absolute atomic E-state index is 0.593. The van der Waals surface area contributed by atoms with Crippen LogP contribution < -0.4 is 5.32 Å². The molecule has 3 aliphatic rings. The van der Waals surface area contributed by atoms with Crippen molar-refractivity contribution in [1.82, 2.24) is 5.32 Å². The van der Waals surface area contributed by atoms with Gasteiger partial charge in [-0.15, -0.1) is 5.92 Å². The third-order valence-corrected chi connectivity index (χ3v) is 4.49. The lowest BCUT2D eigenvalue weighted by atomic mass is 9.47. The van der Waals surface area contributed by atoms with E-state index in [1.54, 1.807) is 0 Å². The third kappa shape index (κ3) is 1.46. The summed E-state index contributed by atoms with van der Waals surface area (Å²) in [5, 5.41) is 3.59. The van der Waals surface area contributed by atoms with Gasteiger partial charge in [0.05, 0.1) is 6.54 Å². The first-order valence-electron chi connectivity index (χ1n) is 5.79. The van der Waals surface area contributed by atoms with Crippen LogP contribution in [0, 0.1) is 29.1 Å². The average molecular weight is 191 g/mol. The second-order valence-corrected chi connectivity index (χ2v) is 5.35. The molecule has 3 fully saturated rings. The molecule has 2 bridgehead atoms. The highest BCUT2D eigenvalue weighted by atomic mass is 14.9. The zero-order valence-corrected chi connectivity index (χ0v) is 9.56. The van der Waals surface area contributed by atoms with Gasteiger partial charge in [0, 0.05) is 6.04 Å². The molecule has 0 spiro atoms. The minimum Gasteiger partial charge on any atom is -0.303 e. The summed E-state index contributed by atoms with van der Waals surface area (Å²) in [6.07, 6.45) is 4.23. The topological polar surface area (TPSA) is 12.0 Å². The van der Waals surface area contributed by atoms with E-state index in [4.69, 9.17) is 0 Å². The molecule has 1 nitrogen and oxygen atoms in total. The lowest BCUT2D eigenvalue weighted by Gasteiger charge is -2.60. The van der Waals surface area contributed by atoms with Crippen molar-refractivity contribution in [2.24, 2.45) is 17.3 Å². The molecule has 0 aliphatic heterocycles. The Morgan fingerprint density at radius 3 is 2.71 bits per heavy atom. The molecule has 0 amide bonds. The number of rotatable bonds is 2. The summed E-state index contributed by atoms with van der Waals surface area (Å²) in [5.41, 5.74) is 0.593. The summed E-state index contributed by atoms with van der Waals surface area (Å²) in [6.45, 7) is 7.65. The van der Waals surface area contributed by atoms with E-state index < -0.39 is 0 Å². The quantitative estimate of drug-likeness (QED) is 0.661. The fraction of sp³-hybridized carbons (Fsp3) is 0.846. The van der Waals surface area contributed by atoms with E-state index in [1.807, 2.05) is 6.92 Å². The largest absolute Gasteiger partial charge is 0.303 e. The van der Waals surface area contributed by atoms with Crippen molar-refractivity contribution in [1.29, 1.82) is 0 Å². The standard InChI is InChI=1S/C13H21N/c1-4-5-8-14-12-7-6-10-9-11(12)13(10,2)3/h10-12,14H,6-9H2,1-3H3. The van der Waals surface area contributed by atoms with Gasteiger partial charge in [-0.3, -0.25) is 0 Å². The van der Waals surface area contributed by atoms with Crippen LogP contribution in [-0.4, -0.2) is 12.6 Å². The van der Waals surface area contributed by atoms with Gasteiger partial charge in [0.2, 0.25) is 0 Å². The average Bonchev–Trinajstić information content (AvgIpc) is 2.18. The maximum Gasteiger partial charge on any atom is 0.0578 e. The van der Waals surface area contributed by atoms with Crippen LogP contribution in [0.2, 0.25) is 0 Å². The Morgan fingerprint density at radius 1 is 1.36 bits per heavy atom. The van der Waals surface area contributed by atoms with Gasteiger partial charge in [0.1, 0.15) is 0 Å². The predicted molar refractivity (Wildman–Crippen MR) is 59.9 cm³/mol. The lowest BCUT2D eigenvalue weighted by Crippen LogP contribution is -2.58. The van der Waals surface area contributed by atoms with E-state index in [2.05, 4.69) is 31.0 Å². The molecule has 1 N–H and O–H groups in total. The normalized spacial score (nSPS) is 38.1. The zero-order valence-electron chi connectivity index (χ0n) is 9.56. The summed E-state index contributed by atoms with van der Waals surface area (Å²) in [4.78, 5) is 0. The summed E-state index contributed by atoms with van der Waals surface area (Å²) >= 11 is 0. The van der Waals surface area contributed by atoms with E-state index in [9.17, 15) is 0 Å². The first kappa shape index (κ1) is 10.1. The smallest absolute Gasteiger partial charge is 0.0578 e. The Hall–Kier alpha value is -0.480. The Kier molecular flexibility index (Phi) is 2.58. The number of nitrogens with one attached hydrogen (secondary N) is 1. The molecule has 78 valence electrons. The monoisotopic (exact) mass is 191 g/mol. The van der Waals surface area contributed by atoms with Crippen molar-refractivity contribution in [2.45, 2.75) is 46.1 Å². The molecule has 3 rings (SSSR count). The van der Waals surface area contributed by atoms with Crippen LogP contribution in [0.1, 0.15) is 40.0 Å². The van der Waals surface area contributed by atoms with Crippen molar-refractivity contribution in [3.05, 3.63) is 0 Å². The second-order valence-electron chi connectivity index (χ2n) is 5.35. The second kappa shape index (κ2) is 3.59. The summed E-state index contributed by atoms with van der Waals surface area (Å²) < 4.78 is 0. The molecule has 0 saturated heterocycles. The van der Waals surface area contributed by atoms with Crippen LogP contribution in [0.3, 0.4) is 0 Å². The van der Waals surface area contributed by atoms with Gasteiger partial charge in [-0.2, -0.15) is 0 Å². The lowest BCUT2D eigenvalue weighted by molar-refractivity contribution is -0.0859. The molecule has 0 aromatic heterocycles. The molecule has 14 heavy (non-hydrogen) atoms. The van der Waals surface area contributed by atoms with E-state index in [1.165, 1.54) is 19.3 Å². The fourth-order valence-electron chi connectivity index (χ4n) is 3.33. The zero-order chi connectivity index (χ0) is 10.2. The van der Waals surface area contributed by atoms with E-state index in [-0.39, 0.29) is 0 Å².